The van der Waals surface area contributed by atoms with Crippen LogP contribution in [0.25, 0.3) is 6.08 Å². The fourth-order valence-electron chi connectivity index (χ4n) is 2.68. The molecule has 1 aliphatic heterocycles. The maximum Gasteiger partial charge on any atom is 0.267 e. The third kappa shape index (κ3) is 4.95. The third-order valence-electron chi connectivity index (χ3n) is 4.17. The Hall–Kier alpha value is -2.97. The first-order chi connectivity index (χ1) is 14.6. The maximum atomic E-state index is 13.0. The molecule has 5 nitrogen and oxygen atoms in total. The molecule has 2 heterocycles. The number of benzene rings is 2. The Labute approximate surface area is 185 Å². The molecule has 3 aromatic rings. The molecule has 0 aliphatic carbocycles. The van der Waals surface area contributed by atoms with E-state index >= 15 is 0 Å². The van der Waals surface area contributed by atoms with Crippen molar-refractivity contribution in [3.63, 3.8) is 0 Å². The van der Waals surface area contributed by atoms with Gasteiger partial charge in [-0.15, -0.1) is 5.10 Å². The van der Waals surface area contributed by atoms with Crippen LogP contribution in [0.3, 0.4) is 0 Å². The molecule has 1 aromatic heterocycles. The molecule has 0 spiro atoms. The monoisotopic (exact) mass is 483 g/mol. The van der Waals surface area contributed by atoms with Crippen molar-refractivity contribution in [3.05, 3.63) is 99.0 Å². The van der Waals surface area contributed by atoms with E-state index in [-0.39, 0.29) is 18.3 Å². The molecular weight excluding hydrogens is 469 g/mol. The highest BCUT2D eigenvalue weighted by atomic mass is 79.9. The first kappa shape index (κ1) is 20.3. The van der Waals surface area contributed by atoms with Gasteiger partial charge in [0.05, 0.1) is 23.9 Å². The van der Waals surface area contributed by atoms with Crippen molar-refractivity contribution in [1.82, 2.24) is 4.90 Å². The van der Waals surface area contributed by atoms with E-state index in [1.165, 1.54) is 35.0 Å². The highest BCUT2D eigenvalue weighted by Gasteiger charge is 2.34. The molecule has 1 amide bonds. The lowest BCUT2D eigenvalue weighted by atomic mass is 10.2. The van der Waals surface area contributed by atoms with Crippen molar-refractivity contribution >= 4 is 51.1 Å². The Kier molecular flexibility index (Phi) is 6.25. The zero-order chi connectivity index (χ0) is 20.9. The minimum absolute atomic E-state index is 0.171. The smallest absolute Gasteiger partial charge is 0.267 e. The van der Waals surface area contributed by atoms with Crippen molar-refractivity contribution in [2.45, 2.75) is 6.54 Å². The summed E-state index contributed by atoms with van der Waals surface area (Å²) in [5, 5.41) is 8.75. The summed E-state index contributed by atoms with van der Waals surface area (Å²) in [6.07, 6.45) is 4.89. The number of halogens is 2. The Bertz CT molecular complexity index is 1120. The van der Waals surface area contributed by atoms with Crippen LogP contribution in [-0.4, -0.2) is 22.2 Å². The van der Waals surface area contributed by atoms with E-state index in [1.807, 2.05) is 30.3 Å². The van der Waals surface area contributed by atoms with Gasteiger partial charge in [-0.2, -0.15) is 5.10 Å². The Morgan fingerprint density at radius 3 is 2.50 bits per heavy atom. The highest BCUT2D eigenvalue weighted by Crippen LogP contribution is 2.34. The number of thioether (sulfide) groups is 1. The lowest BCUT2D eigenvalue weighted by Crippen LogP contribution is -2.28. The number of hydrogen-bond acceptors (Lipinski definition) is 5. The molecular formula is C22H15BrFN3O2S. The molecule has 1 aliphatic rings. The fourth-order valence-corrected chi connectivity index (χ4v) is 3.88. The molecule has 2 aromatic carbocycles. The van der Waals surface area contributed by atoms with Crippen molar-refractivity contribution in [2.75, 3.05) is 0 Å². The van der Waals surface area contributed by atoms with Crippen LogP contribution in [-0.2, 0) is 11.3 Å². The molecule has 1 saturated heterocycles. The van der Waals surface area contributed by atoms with E-state index in [4.69, 9.17) is 4.42 Å². The van der Waals surface area contributed by atoms with Crippen LogP contribution in [0.15, 0.2) is 90.9 Å². The van der Waals surface area contributed by atoms with E-state index in [0.717, 1.165) is 10.0 Å². The van der Waals surface area contributed by atoms with Crippen LogP contribution >= 0.6 is 27.7 Å². The van der Waals surface area contributed by atoms with Crippen LogP contribution in [0.1, 0.15) is 16.9 Å². The molecule has 4 rings (SSSR count). The van der Waals surface area contributed by atoms with Crippen molar-refractivity contribution in [1.29, 1.82) is 0 Å². The van der Waals surface area contributed by atoms with Crippen LogP contribution in [0.4, 0.5) is 4.39 Å². The van der Waals surface area contributed by atoms with Gasteiger partial charge in [0.1, 0.15) is 11.6 Å². The number of rotatable bonds is 5. The van der Waals surface area contributed by atoms with E-state index in [9.17, 15) is 9.18 Å². The number of nitrogens with zero attached hydrogens (tertiary/aromatic N) is 3. The van der Waals surface area contributed by atoms with Gasteiger partial charge in [0.25, 0.3) is 5.91 Å². The normalized spacial score (nSPS) is 17.0. The summed E-state index contributed by atoms with van der Waals surface area (Å²) >= 11 is 4.65. The van der Waals surface area contributed by atoms with Gasteiger partial charge in [-0.1, -0.05) is 40.2 Å². The van der Waals surface area contributed by atoms with Crippen molar-refractivity contribution in [2.24, 2.45) is 10.2 Å². The minimum atomic E-state index is -0.317. The largest absolute Gasteiger partial charge is 0.467 e. The number of amides is 1. The quantitative estimate of drug-likeness (QED) is 0.266. The zero-order valence-corrected chi connectivity index (χ0v) is 17.9. The van der Waals surface area contributed by atoms with Gasteiger partial charge in [0.15, 0.2) is 5.17 Å². The summed E-state index contributed by atoms with van der Waals surface area (Å²) in [5.41, 5.74) is 1.61. The highest BCUT2D eigenvalue weighted by molar-refractivity contribution is 9.10. The molecule has 30 heavy (non-hydrogen) atoms. The van der Waals surface area contributed by atoms with E-state index in [1.54, 1.807) is 30.5 Å². The molecule has 1 fully saturated rings. The molecule has 0 N–H and O–H groups in total. The number of carbonyl (C=O) groups excluding carboxylic acids is 1. The number of furan rings is 1. The SMILES string of the molecule is O=C1/C(=C/c2ccc(Br)cc2)S/C(=N/N=C\c2ccc(F)cc2)N1Cc1ccco1. The van der Waals surface area contributed by atoms with Gasteiger partial charge < -0.3 is 4.42 Å². The summed E-state index contributed by atoms with van der Waals surface area (Å²) in [4.78, 5) is 15.1. The van der Waals surface area contributed by atoms with Crippen LogP contribution in [0.2, 0.25) is 0 Å². The van der Waals surface area contributed by atoms with Gasteiger partial charge in [-0.3, -0.25) is 9.69 Å². The standard InChI is InChI=1S/C22H15BrFN3O2S/c23-17-7-3-15(4-8-17)12-20-21(28)27(14-19-2-1-11-29-19)22(30-20)26-25-13-16-5-9-18(24)10-6-16/h1-13H,14H2/b20-12-,25-13-,26-22+. The maximum absolute atomic E-state index is 13.0. The van der Waals surface area contributed by atoms with Crippen molar-refractivity contribution in [3.8, 4) is 0 Å². The lowest BCUT2D eigenvalue weighted by Gasteiger charge is -2.12. The first-order valence-corrected chi connectivity index (χ1v) is 10.6. The van der Waals surface area contributed by atoms with Gasteiger partial charge in [-0.25, -0.2) is 4.39 Å². The first-order valence-electron chi connectivity index (χ1n) is 8.94. The lowest BCUT2D eigenvalue weighted by molar-refractivity contribution is -0.122. The predicted molar refractivity (Wildman–Crippen MR) is 120 cm³/mol. The molecule has 0 atom stereocenters. The zero-order valence-electron chi connectivity index (χ0n) is 15.5. The second-order valence-electron chi connectivity index (χ2n) is 6.31. The van der Waals surface area contributed by atoms with Gasteiger partial charge in [0.2, 0.25) is 0 Å². The Morgan fingerprint density at radius 1 is 1.07 bits per heavy atom. The fraction of sp³-hybridized carbons (Fsp3) is 0.0455. The summed E-state index contributed by atoms with van der Waals surface area (Å²) in [7, 11) is 0. The average molecular weight is 484 g/mol. The van der Waals surface area contributed by atoms with Gasteiger partial charge >= 0.3 is 0 Å². The van der Waals surface area contributed by atoms with Gasteiger partial charge in [-0.05, 0) is 65.4 Å². The Balaban J connectivity index is 1.60. The molecule has 0 unspecified atom stereocenters. The number of amidine groups is 1. The number of carbonyl (C=O) groups is 1. The Morgan fingerprint density at radius 2 is 1.80 bits per heavy atom. The van der Waals surface area contributed by atoms with E-state index in [0.29, 0.717) is 21.4 Å². The van der Waals surface area contributed by atoms with Crippen LogP contribution < -0.4 is 0 Å². The molecule has 8 heteroatoms. The third-order valence-corrected chi connectivity index (χ3v) is 5.70. The topological polar surface area (TPSA) is 58.2 Å². The van der Waals surface area contributed by atoms with Crippen LogP contribution in [0, 0.1) is 5.82 Å². The molecule has 0 bridgehead atoms. The van der Waals surface area contributed by atoms with Crippen molar-refractivity contribution < 1.29 is 13.6 Å². The summed E-state index contributed by atoms with van der Waals surface area (Å²) in [6.45, 7) is 0.251. The second kappa shape index (κ2) is 9.23. The average Bonchev–Trinajstić information content (AvgIpc) is 3.35. The predicted octanol–water partition coefficient (Wildman–Crippen LogP) is 5.69. The second-order valence-corrected chi connectivity index (χ2v) is 8.24. The van der Waals surface area contributed by atoms with E-state index < -0.39 is 0 Å². The van der Waals surface area contributed by atoms with Gasteiger partial charge in [0, 0.05) is 4.47 Å². The summed E-state index contributed by atoms with van der Waals surface area (Å²) in [5.74, 6) is 0.154. The van der Waals surface area contributed by atoms with E-state index in [2.05, 4.69) is 26.1 Å². The molecule has 0 radical (unpaired) electrons. The molecule has 150 valence electrons. The number of hydrogen-bond donors (Lipinski definition) is 0. The van der Waals surface area contributed by atoms with Crippen LogP contribution in [0.5, 0.6) is 0 Å². The summed E-state index contributed by atoms with van der Waals surface area (Å²) in [6, 6.07) is 17.1. The minimum Gasteiger partial charge on any atom is -0.467 e. The summed E-state index contributed by atoms with van der Waals surface area (Å²) < 4.78 is 19.4. The molecule has 0 saturated carbocycles.